The minimum Gasteiger partial charge on any atom is -0.337 e. The molecule has 0 aliphatic heterocycles. The molecule has 1 aliphatic rings. The number of carbonyl (C=O) groups is 1. The van der Waals surface area contributed by atoms with Crippen LogP contribution in [0.4, 0.5) is 0 Å². The quantitative estimate of drug-likeness (QED) is 0.810. The summed E-state index contributed by atoms with van der Waals surface area (Å²) in [6.07, 6.45) is 3.81. The van der Waals surface area contributed by atoms with Gasteiger partial charge in [0.2, 0.25) is 5.91 Å². The molecule has 1 aromatic carbocycles. The first-order valence-electron chi connectivity index (χ1n) is 6.63. The average molecular weight is 310 g/mol. The second-order valence-corrected chi connectivity index (χ2v) is 6.17. The van der Waals surface area contributed by atoms with E-state index in [1.54, 1.807) is 0 Å². The first kappa shape index (κ1) is 13.6. The number of hydrogen-bond acceptors (Lipinski definition) is 1. The molecule has 18 heavy (non-hydrogen) atoms. The Labute approximate surface area is 117 Å². The molecule has 2 nitrogen and oxygen atoms in total. The molecule has 2 rings (SSSR count). The van der Waals surface area contributed by atoms with Crippen molar-refractivity contribution >= 4 is 21.8 Å². The van der Waals surface area contributed by atoms with Gasteiger partial charge in [0, 0.05) is 23.0 Å². The highest BCUT2D eigenvalue weighted by Gasteiger charge is 2.33. The Kier molecular flexibility index (Phi) is 4.44. The number of amides is 1. The molecule has 1 aromatic rings. The van der Waals surface area contributed by atoms with Crippen molar-refractivity contribution in [2.45, 2.75) is 51.6 Å². The molecule has 1 amide bonds. The van der Waals surface area contributed by atoms with Crippen LogP contribution in [0.25, 0.3) is 0 Å². The third kappa shape index (κ3) is 3.58. The van der Waals surface area contributed by atoms with E-state index in [0.29, 0.717) is 24.4 Å². The number of hydrogen-bond donors (Lipinski definition) is 0. The Morgan fingerprint density at radius 3 is 2.72 bits per heavy atom. The summed E-state index contributed by atoms with van der Waals surface area (Å²) in [4.78, 5) is 14.3. The van der Waals surface area contributed by atoms with Gasteiger partial charge < -0.3 is 4.90 Å². The van der Waals surface area contributed by atoms with Gasteiger partial charge in [0.25, 0.3) is 0 Å². The van der Waals surface area contributed by atoms with Gasteiger partial charge in [0.15, 0.2) is 0 Å². The van der Waals surface area contributed by atoms with Crippen molar-refractivity contribution in [1.82, 2.24) is 4.90 Å². The fraction of sp³-hybridized carbons (Fsp3) is 0.533. The second kappa shape index (κ2) is 5.87. The Balaban J connectivity index is 1.91. The van der Waals surface area contributed by atoms with Crippen LogP contribution in [0, 0.1) is 0 Å². The Hall–Kier alpha value is -0.830. The zero-order valence-corrected chi connectivity index (χ0v) is 12.6. The van der Waals surface area contributed by atoms with E-state index in [2.05, 4.69) is 46.8 Å². The molecule has 1 fully saturated rings. The summed E-state index contributed by atoms with van der Waals surface area (Å²) in [5.74, 6) is 0.299. The van der Waals surface area contributed by atoms with Crippen LogP contribution in [0.5, 0.6) is 0 Å². The lowest BCUT2D eigenvalue weighted by Crippen LogP contribution is -2.38. The maximum absolute atomic E-state index is 12.2. The number of rotatable bonds is 5. The van der Waals surface area contributed by atoms with Crippen LogP contribution in [-0.4, -0.2) is 22.9 Å². The third-order valence-corrected chi connectivity index (χ3v) is 3.79. The van der Waals surface area contributed by atoms with E-state index in [1.807, 2.05) is 12.1 Å². The topological polar surface area (TPSA) is 20.3 Å². The van der Waals surface area contributed by atoms with Crippen LogP contribution in [0.15, 0.2) is 28.7 Å². The predicted molar refractivity (Wildman–Crippen MR) is 77.5 cm³/mol. The minimum absolute atomic E-state index is 0.299. The molecule has 0 N–H and O–H groups in total. The van der Waals surface area contributed by atoms with Gasteiger partial charge in [-0.15, -0.1) is 0 Å². The summed E-state index contributed by atoms with van der Waals surface area (Å²) < 4.78 is 1.08. The predicted octanol–water partition coefficient (Wildman–Crippen LogP) is 3.78. The van der Waals surface area contributed by atoms with Crippen molar-refractivity contribution in [3.8, 4) is 0 Å². The number of halogens is 1. The van der Waals surface area contributed by atoms with Gasteiger partial charge in [-0.1, -0.05) is 28.1 Å². The van der Waals surface area contributed by atoms with Crippen LogP contribution in [-0.2, 0) is 11.2 Å². The van der Waals surface area contributed by atoms with E-state index >= 15 is 0 Å². The van der Waals surface area contributed by atoms with Crippen molar-refractivity contribution in [1.29, 1.82) is 0 Å². The van der Waals surface area contributed by atoms with E-state index < -0.39 is 0 Å². The normalized spacial score (nSPS) is 14.9. The fourth-order valence-electron chi connectivity index (χ4n) is 2.34. The van der Waals surface area contributed by atoms with Crippen molar-refractivity contribution in [3.63, 3.8) is 0 Å². The van der Waals surface area contributed by atoms with Gasteiger partial charge >= 0.3 is 0 Å². The third-order valence-electron chi connectivity index (χ3n) is 3.30. The SMILES string of the molecule is CC(C)N(C(=O)CCc1cccc(Br)c1)C1CC1. The molecule has 3 heteroatoms. The Morgan fingerprint density at radius 1 is 1.44 bits per heavy atom. The van der Waals surface area contributed by atoms with Crippen LogP contribution in [0.3, 0.4) is 0 Å². The van der Waals surface area contributed by atoms with Crippen molar-refractivity contribution in [2.24, 2.45) is 0 Å². The van der Waals surface area contributed by atoms with Gasteiger partial charge in [0.1, 0.15) is 0 Å². The molecular formula is C15H20BrNO. The van der Waals surface area contributed by atoms with Gasteiger partial charge in [-0.05, 0) is 50.8 Å². The van der Waals surface area contributed by atoms with Gasteiger partial charge in [-0.3, -0.25) is 4.79 Å². The van der Waals surface area contributed by atoms with Crippen molar-refractivity contribution in [3.05, 3.63) is 34.3 Å². The standard InChI is InChI=1S/C15H20BrNO/c1-11(2)17(14-7-8-14)15(18)9-6-12-4-3-5-13(16)10-12/h3-5,10-11,14H,6-9H2,1-2H3. The first-order chi connectivity index (χ1) is 8.58. The molecule has 0 bridgehead atoms. The van der Waals surface area contributed by atoms with Crippen LogP contribution in [0.1, 0.15) is 38.7 Å². The molecule has 1 saturated carbocycles. The van der Waals surface area contributed by atoms with Crippen LogP contribution in [0.2, 0.25) is 0 Å². The van der Waals surface area contributed by atoms with Gasteiger partial charge in [-0.2, -0.15) is 0 Å². The zero-order valence-electron chi connectivity index (χ0n) is 11.0. The summed E-state index contributed by atoms with van der Waals surface area (Å²) >= 11 is 3.46. The highest BCUT2D eigenvalue weighted by Crippen LogP contribution is 2.29. The number of aryl methyl sites for hydroxylation is 1. The van der Waals surface area contributed by atoms with E-state index in [1.165, 1.54) is 18.4 Å². The molecule has 0 heterocycles. The van der Waals surface area contributed by atoms with Crippen LogP contribution >= 0.6 is 15.9 Å². The monoisotopic (exact) mass is 309 g/mol. The molecule has 0 unspecified atom stereocenters. The Bertz CT molecular complexity index is 424. The van der Waals surface area contributed by atoms with E-state index in [4.69, 9.17) is 0 Å². The van der Waals surface area contributed by atoms with E-state index in [9.17, 15) is 4.79 Å². The molecular weight excluding hydrogens is 290 g/mol. The molecule has 0 aromatic heterocycles. The molecule has 0 spiro atoms. The lowest BCUT2D eigenvalue weighted by molar-refractivity contribution is -0.133. The molecule has 98 valence electrons. The summed E-state index contributed by atoms with van der Waals surface area (Å²) in [5, 5.41) is 0. The molecule has 0 atom stereocenters. The Morgan fingerprint density at radius 2 is 2.17 bits per heavy atom. The lowest BCUT2D eigenvalue weighted by Gasteiger charge is -2.26. The van der Waals surface area contributed by atoms with Gasteiger partial charge in [-0.25, -0.2) is 0 Å². The van der Waals surface area contributed by atoms with Gasteiger partial charge in [0.05, 0.1) is 0 Å². The molecule has 0 radical (unpaired) electrons. The second-order valence-electron chi connectivity index (χ2n) is 5.26. The minimum atomic E-state index is 0.299. The summed E-state index contributed by atoms with van der Waals surface area (Å²) in [7, 11) is 0. The molecule has 0 saturated heterocycles. The maximum Gasteiger partial charge on any atom is 0.223 e. The summed E-state index contributed by atoms with van der Waals surface area (Å²) in [6.45, 7) is 4.21. The smallest absolute Gasteiger partial charge is 0.223 e. The summed E-state index contributed by atoms with van der Waals surface area (Å²) in [6, 6.07) is 9.03. The summed E-state index contributed by atoms with van der Waals surface area (Å²) in [5.41, 5.74) is 1.22. The highest BCUT2D eigenvalue weighted by atomic mass is 79.9. The van der Waals surface area contributed by atoms with Crippen LogP contribution < -0.4 is 0 Å². The largest absolute Gasteiger partial charge is 0.337 e. The highest BCUT2D eigenvalue weighted by molar-refractivity contribution is 9.10. The first-order valence-corrected chi connectivity index (χ1v) is 7.43. The zero-order chi connectivity index (χ0) is 13.1. The number of carbonyl (C=O) groups excluding carboxylic acids is 1. The fourth-order valence-corrected chi connectivity index (χ4v) is 2.79. The number of benzene rings is 1. The average Bonchev–Trinajstić information content (AvgIpc) is 3.10. The van der Waals surface area contributed by atoms with Crippen molar-refractivity contribution < 1.29 is 4.79 Å². The maximum atomic E-state index is 12.2. The van der Waals surface area contributed by atoms with Crippen molar-refractivity contribution in [2.75, 3.05) is 0 Å². The van der Waals surface area contributed by atoms with E-state index in [0.717, 1.165) is 10.9 Å². The number of nitrogens with zero attached hydrogens (tertiary/aromatic N) is 1. The molecule has 1 aliphatic carbocycles. The lowest BCUT2D eigenvalue weighted by atomic mass is 10.1. The van der Waals surface area contributed by atoms with E-state index in [-0.39, 0.29) is 0 Å².